The lowest BCUT2D eigenvalue weighted by molar-refractivity contribution is 0.00109. The van der Waals surface area contributed by atoms with Crippen molar-refractivity contribution in [1.82, 2.24) is 10.6 Å². The Bertz CT molecular complexity index is 674. The first-order valence-electron chi connectivity index (χ1n) is 11.9. The van der Waals surface area contributed by atoms with E-state index in [1.165, 1.54) is 44.9 Å². The summed E-state index contributed by atoms with van der Waals surface area (Å²) in [7, 11) is 4.31. The van der Waals surface area contributed by atoms with Gasteiger partial charge in [-0.15, -0.1) is 0 Å². The lowest BCUT2D eigenvalue weighted by atomic mass is 9.51. The predicted molar refractivity (Wildman–Crippen MR) is 120 cm³/mol. The molecule has 2 saturated carbocycles. The molecule has 0 saturated heterocycles. The van der Waals surface area contributed by atoms with Crippen LogP contribution in [0.15, 0.2) is 23.3 Å². The van der Waals surface area contributed by atoms with Gasteiger partial charge in [0.05, 0.1) is 0 Å². The fourth-order valence-corrected chi connectivity index (χ4v) is 8.30. The molecule has 0 unspecified atom stereocenters. The van der Waals surface area contributed by atoms with E-state index in [0.29, 0.717) is 28.3 Å². The van der Waals surface area contributed by atoms with Gasteiger partial charge in [0.2, 0.25) is 0 Å². The maximum absolute atomic E-state index is 3.64. The summed E-state index contributed by atoms with van der Waals surface area (Å²) >= 11 is 0. The van der Waals surface area contributed by atoms with Crippen molar-refractivity contribution in [2.45, 2.75) is 91.6 Å². The Morgan fingerprint density at radius 1 is 0.964 bits per heavy atom. The number of allylic oxidation sites excluding steroid dienone is 4. The molecule has 2 nitrogen and oxygen atoms in total. The molecule has 158 valence electrons. The number of nitrogens with one attached hydrogen (secondary N) is 2. The predicted octanol–water partition coefficient (Wildman–Crippen LogP) is 5.71. The molecule has 0 bridgehead atoms. The second kappa shape index (κ2) is 6.98. The van der Waals surface area contributed by atoms with E-state index in [2.05, 4.69) is 71.5 Å². The fourth-order valence-electron chi connectivity index (χ4n) is 8.30. The molecule has 4 rings (SSSR count). The molecule has 7 atom stereocenters. The zero-order chi connectivity index (χ0) is 20.3. The largest absolute Gasteiger partial charge is 0.317 e. The quantitative estimate of drug-likeness (QED) is 0.651. The topological polar surface area (TPSA) is 24.1 Å². The van der Waals surface area contributed by atoms with Gasteiger partial charge >= 0.3 is 0 Å². The average molecular weight is 385 g/mol. The van der Waals surface area contributed by atoms with Crippen LogP contribution < -0.4 is 10.6 Å². The minimum atomic E-state index is 0.357. The molecule has 2 N–H and O–H groups in total. The molecule has 2 fully saturated rings. The molecule has 0 aliphatic heterocycles. The average Bonchev–Trinajstić information content (AvgIpc) is 2.80. The highest BCUT2D eigenvalue weighted by Crippen LogP contribution is 2.67. The maximum atomic E-state index is 3.64. The first-order chi connectivity index (χ1) is 13.2. The summed E-state index contributed by atoms with van der Waals surface area (Å²) in [6, 6.07) is 1.26. The van der Waals surface area contributed by atoms with Gasteiger partial charge in [0.15, 0.2) is 0 Å². The van der Waals surface area contributed by atoms with E-state index in [9.17, 15) is 0 Å². The van der Waals surface area contributed by atoms with Crippen LogP contribution in [-0.2, 0) is 0 Å². The SMILES string of the molecule is CN[C@@H](C)[C@H]1CC[C@@]2(C)[C@@H]3CC[C@@H]4C(=CC3=CC[C@]12C)CC[C@H](NC)C4(C)C. The first-order valence-corrected chi connectivity index (χ1v) is 11.9. The molecule has 0 aromatic carbocycles. The highest BCUT2D eigenvalue weighted by Gasteiger charge is 2.60. The third-order valence-electron chi connectivity index (χ3n) is 10.5. The van der Waals surface area contributed by atoms with Gasteiger partial charge in [-0.05, 0) is 106 Å². The summed E-state index contributed by atoms with van der Waals surface area (Å²) in [5.74, 6) is 2.29. The normalized spacial score (nSPS) is 45.8. The van der Waals surface area contributed by atoms with Gasteiger partial charge in [0.25, 0.3) is 0 Å². The summed E-state index contributed by atoms with van der Waals surface area (Å²) in [4.78, 5) is 0. The summed E-state index contributed by atoms with van der Waals surface area (Å²) in [6.07, 6.45) is 14.7. The molecular weight excluding hydrogens is 340 g/mol. The fraction of sp³-hybridized carbons (Fsp3) is 0.846. The molecule has 28 heavy (non-hydrogen) atoms. The van der Waals surface area contributed by atoms with Gasteiger partial charge in [0.1, 0.15) is 0 Å². The second-order valence-corrected chi connectivity index (χ2v) is 11.6. The minimum absolute atomic E-state index is 0.357. The Morgan fingerprint density at radius 3 is 2.36 bits per heavy atom. The summed E-state index contributed by atoms with van der Waals surface area (Å²) in [6.45, 7) is 12.7. The standard InChI is InChI=1S/C26H44N2/c1-17(27-6)20-13-15-26(5)22-10-9-21-18(8-11-23(28-7)24(21,2)3)16-19(22)12-14-25(20,26)4/h12,16-17,20-23,27-28H,8-11,13-15H2,1-7H3/t17-,20+,21+,22+,23-,25+,26-/m0/s1. The molecule has 0 amide bonds. The molecule has 0 aromatic heterocycles. The van der Waals surface area contributed by atoms with Crippen LogP contribution in [-0.4, -0.2) is 26.2 Å². The van der Waals surface area contributed by atoms with Crippen LogP contribution in [0.25, 0.3) is 0 Å². The van der Waals surface area contributed by atoms with Crippen molar-refractivity contribution in [3.05, 3.63) is 23.3 Å². The van der Waals surface area contributed by atoms with E-state index < -0.39 is 0 Å². The molecule has 0 spiro atoms. The van der Waals surface area contributed by atoms with Crippen molar-refractivity contribution < 1.29 is 0 Å². The van der Waals surface area contributed by atoms with Crippen molar-refractivity contribution in [3.8, 4) is 0 Å². The molecule has 0 aromatic rings. The number of fused-ring (bicyclic) bond motifs is 4. The second-order valence-electron chi connectivity index (χ2n) is 11.6. The number of rotatable bonds is 3. The molecule has 2 heteroatoms. The highest BCUT2D eigenvalue weighted by atomic mass is 14.9. The Morgan fingerprint density at radius 2 is 1.68 bits per heavy atom. The minimum Gasteiger partial charge on any atom is -0.317 e. The van der Waals surface area contributed by atoms with Crippen molar-refractivity contribution in [1.29, 1.82) is 0 Å². The lowest BCUT2D eigenvalue weighted by Crippen LogP contribution is -2.49. The van der Waals surface area contributed by atoms with Crippen molar-refractivity contribution in [2.75, 3.05) is 14.1 Å². The van der Waals surface area contributed by atoms with Gasteiger partial charge in [-0.2, -0.15) is 0 Å². The van der Waals surface area contributed by atoms with E-state index in [1.54, 1.807) is 11.1 Å². The molecule has 4 aliphatic carbocycles. The third-order valence-corrected chi connectivity index (χ3v) is 10.5. The number of hydrogen-bond donors (Lipinski definition) is 2. The van der Waals surface area contributed by atoms with Gasteiger partial charge < -0.3 is 10.6 Å². The van der Waals surface area contributed by atoms with Crippen LogP contribution in [0.5, 0.6) is 0 Å². The summed E-state index contributed by atoms with van der Waals surface area (Å²) in [5, 5.41) is 7.23. The van der Waals surface area contributed by atoms with Crippen LogP contribution in [0.2, 0.25) is 0 Å². The highest BCUT2D eigenvalue weighted by molar-refractivity contribution is 5.37. The Labute approximate surface area is 174 Å². The van der Waals surface area contributed by atoms with E-state index >= 15 is 0 Å². The third kappa shape index (κ3) is 2.73. The molecule has 4 aliphatic rings. The smallest absolute Gasteiger partial charge is 0.0124 e. The van der Waals surface area contributed by atoms with Crippen LogP contribution in [0.4, 0.5) is 0 Å². The summed E-state index contributed by atoms with van der Waals surface area (Å²) in [5.41, 5.74) is 4.70. The zero-order valence-corrected chi connectivity index (χ0v) is 19.5. The van der Waals surface area contributed by atoms with Crippen molar-refractivity contribution >= 4 is 0 Å². The Balaban J connectivity index is 1.68. The van der Waals surface area contributed by atoms with Crippen LogP contribution in [0.3, 0.4) is 0 Å². The maximum Gasteiger partial charge on any atom is 0.0124 e. The zero-order valence-electron chi connectivity index (χ0n) is 19.5. The van der Waals surface area contributed by atoms with Crippen molar-refractivity contribution in [2.24, 2.45) is 34.0 Å². The molecule has 0 heterocycles. The Kier molecular flexibility index (Phi) is 5.15. The number of hydrogen-bond acceptors (Lipinski definition) is 2. The van der Waals surface area contributed by atoms with E-state index in [1.807, 2.05) is 0 Å². The van der Waals surface area contributed by atoms with Crippen LogP contribution >= 0.6 is 0 Å². The van der Waals surface area contributed by atoms with Gasteiger partial charge in [0, 0.05) is 12.1 Å². The van der Waals surface area contributed by atoms with Gasteiger partial charge in [-0.25, -0.2) is 0 Å². The van der Waals surface area contributed by atoms with E-state index in [-0.39, 0.29) is 0 Å². The summed E-state index contributed by atoms with van der Waals surface area (Å²) < 4.78 is 0. The molecule has 0 radical (unpaired) electrons. The van der Waals surface area contributed by atoms with Gasteiger partial charge in [-0.3, -0.25) is 0 Å². The van der Waals surface area contributed by atoms with Crippen LogP contribution in [0, 0.1) is 34.0 Å². The van der Waals surface area contributed by atoms with Crippen LogP contribution in [0.1, 0.15) is 79.6 Å². The molecular formula is C26H44N2. The van der Waals surface area contributed by atoms with E-state index in [0.717, 1.165) is 17.8 Å². The van der Waals surface area contributed by atoms with E-state index in [4.69, 9.17) is 0 Å². The van der Waals surface area contributed by atoms with Gasteiger partial charge in [-0.1, -0.05) is 45.4 Å². The lowest BCUT2D eigenvalue weighted by Gasteiger charge is -2.53. The van der Waals surface area contributed by atoms with Crippen molar-refractivity contribution in [3.63, 3.8) is 0 Å². The Hall–Kier alpha value is -0.600. The monoisotopic (exact) mass is 384 g/mol. The first kappa shape index (κ1) is 20.7.